The maximum atomic E-state index is 12.4. The van der Waals surface area contributed by atoms with Crippen molar-refractivity contribution in [3.63, 3.8) is 0 Å². The van der Waals surface area contributed by atoms with Gasteiger partial charge in [0.15, 0.2) is 0 Å². The number of rotatable bonds is 4. The van der Waals surface area contributed by atoms with Gasteiger partial charge in [-0.15, -0.1) is 0 Å². The number of halogens is 4. The second-order valence-electron chi connectivity index (χ2n) is 4.18. The first-order chi connectivity index (χ1) is 9.95. The first-order valence-corrected chi connectivity index (χ1v) is 6.33. The molecule has 0 fully saturated rings. The molecular formula is C15H10ClF3NO. The fourth-order valence-electron chi connectivity index (χ4n) is 1.54. The summed E-state index contributed by atoms with van der Waals surface area (Å²) in [6.07, 6.45) is -1.71. The molecule has 0 aliphatic heterocycles. The molecule has 0 saturated heterocycles. The highest BCUT2D eigenvalue weighted by atomic mass is 35.5. The summed E-state index contributed by atoms with van der Waals surface area (Å²) in [5.41, 5.74) is 0.537. The minimum absolute atomic E-state index is 0.0612. The summed E-state index contributed by atoms with van der Waals surface area (Å²) in [5, 5.41) is 4.17. The highest BCUT2D eigenvalue weighted by molar-refractivity contribution is 6.30. The molecule has 109 valence electrons. The van der Waals surface area contributed by atoms with Crippen molar-refractivity contribution in [1.29, 1.82) is 0 Å². The first kappa shape index (κ1) is 15.4. The Morgan fingerprint density at radius 1 is 1.10 bits per heavy atom. The van der Waals surface area contributed by atoms with Crippen molar-refractivity contribution in [2.45, 2.75) is 12.8 Å². The molecule has 0 saturated carbocycles. The summed E-state index contributed by atoms with van der Waals surface area (Å²) in [5.74, 6) is 0. The van der Waals surface area contributed by atoms with Crippen molar-refractivity contribution in [2.75, 3.05) is 0 Å². The average Bonchev–Trinajstić information content (AvgIpc) is 2.43. The second kappa shape index (κ2) is 6.63. The monoisotopic (exact) mass is 312 g/mol. The molecule has 0 bridgehead atoms. The summed E-state index contributed by atoms with van der Waals surface area (Å²) >= 11 is 5.79. The van der Waals surface area contributed by atoms with E-state index in [9.17, 15) is 13.2 Å². The smallest absolute Gasteiger partial charge is 0.390 e. The van der Waals surface area contributed by atoms with E-state index in [1.54, 1.807) is 24.3 Å². The normalized spacial score (nSPS) is 11.8. The highest BCUT2D eigenvalue weighted by Crippen LogP contribution is 2.29. The van der Waals surface area contributed by atoms with Crippen LogP contribution in [0.15, 0.2) is 53.7 Å². The lowest BCUT2D eigenvalue weighted by atomic mass is 10.1. The van der Waals surface area contributed by atoms with E-state index in [-0.39, 0.29) is 6.61 Å². The summed E-state index contributed by atoms with van der Waals surface area (Å²) in [7, 11) is 0. The fraction of sp³-hybridized carbons (Fsp3) is 0.133. The van der Waals surface area contributed by atoms with Crippen molar-refractivity contribution in [3.05, 3.63) is 70.2 Å². The van der Waals surface area contributed by atoms with E-state index in [0.717, 1.165) is 12.1 Å². The molecule has 0 aliphatic rings. The van der Waals surface area contributed by atoms with Gasteiger partial charge in [-0.25, -0.2) is 0 Å². The topological polar surface area (TPSA) is 21.6 Å². The number of alkyl halides is 3. The third kappa shape index (κ3) is 4.79. The van der Waals surface area contributed by atoms with Crippen LogP contribution in [0.4, 0.5) is 13.2 Å². The van der Waals surface area contributed by atoms with Crippen LogP contribution in [0, 0.1) is 0 Å². The van der Waals surface area contributed by atoms with E-state index >= 15 is 0 Å². The Bertz CT molecular complexity index is 624. The zero-order valence-corrected chi connectivity index (χ0v) is 11.4. The second-order valence-corrected chi connectivity index (χ2v) is 4.62. The zero-order chi connectivity index (χ0) is 15.3. The van der Waals surface area contributed by atoms with Crippen molar-refractivity contribution in [1.82, 2.24) is 0 Å². The van der Waals surface area contributed by atoms with Gasteiger partial charge < -0.3 is 4.84 Å². The van der Waals surface area contributed by atoms with Gasteiger partial charge in [-0.05, 0) is 29.8 Å². The lowest BCUT2D eigenvalue weighted by Crippen LogP contribution is -2.04. The molecule has 0 atom stereocenters. The molecule has 2 aromatic rings. The summed E-state index contributed by atoms with van der Waals surface area (Å²) in [6.45, 7) is 0.0612. The van der Waals surface area contributed by atoms with E-state index in [4.69, 9.17) is 16.4 Å². The van der Waals surface area contributed by atoms with Crippen molar-refractivity contribution < 1.29 is 18.0 Å². The highest BCUT2D eigenvalue weighted by Gasteiger charge is 2.29. The van der Waals surface area contributed by atoms with Crippen LogP contribution in [-0.4, -0.2) is 6.21 Å². The maximum Gasteiger partial charge on any atom is 0.416 e. The molecule has 0 N–H and O–H groups in total. The van der Waals surface area contributed by atoms with E-state index in [2.05, 4.69) is 11.4 Å². The van der Waals surface area contributed by atoms with Crippen molar-refractivity contribution in [3.8, 4) is 0 Å². The Kier molecular flexibility index (Phi) is 4.85. The molecule has 0 aliphatic carbocycles. The third-order valence-electron chi connectivity index (χ3n) is 2.58. The van der Waals surface area contributed by atoms with E-state index in [1.807, 2.05) is 0 Å². The molecule has 0 spiro atoms. The van der Waals surface area contributed by atoms with Gasteiger partial charge in [0.05, 0.1) is 5.56 Å². The van der Waals surface area contributed by atoms with Gasteiger partial charge in [0.1, 0.15) is 12.8 Å². The quantitative estimate of drug-likeness (QED) is 0.588. The molecule has 2 rings (SSSR count). The Balaban J connectivity index is 1.89. The Hall–Kier alpha value is -2.01. The Morgan fingerprint density at radius 3 is 2.43 bits per heavy atom. The van der Waals surface area contributed by atoms with Crippen LogP contribution in [0.25, 0.3) is 0 Å². The minimum Gasteiger partial charge on any atom is -0.390 e. The number of hydrogen-bond donors (Lipinski definition) is 0. The maximum absolute atomic E-state index is 12.4. The molecule has 0 amide bonds. The van der Waals surface area contributed by atoms with Crippen LogP contribution in [0.5, 0.6) is 0 Å². The van der Waals surface area contributed by atoms with E-state index in [1.165, 1.54) is 12.1 Å². The first-order valence-electron chi connectivity index (χ1n) is 5.95. The van der Waals surface area contributed by atoms with E-state index in [0.29, 0.717) is 16.1 Å². The Morgan fingerprint density at radius 2 is 1.81 bits per heavy atom. The van der Waals surface area contributed by atoms with Gasteiger partial charge >= 0.3 is 6.18 Å². The molecule has 1 radical (unpaired) electrons. The molecular weight excluding hydrogens is 303 g/mol. The predicted octanol–water partition coefficient (Wildman–Crippen LogP) is 4.79. The van der Waals surface area contributed by atoms with Crippen LogP contribution in [-0.2, 0) is 17.6 Å². The molecule has 2 nitrogen and oxygen atoms in total. The lowest BCUT2D eigenvalue weighted by Gasteiger charge is -2.06. The SMILES string of the molecule is FC(F)(F)c1ccc(CO/N=[C]\c2cccc(Cl)c2)cc1. The van der Waals surface area contributed by atoms with Crippen LogP contribution in [0.2, 0.25) is 5.02 Å². The van der Waals surface area contributed by atoms with Crippen molar-refractivity contribution >= 4 is 17.8 Å². The van der Waals surface area contributed by atoms with Crippen LogP contribution < -0.4 is 0 Å². The molecule has 0 aromatic heterocycles. The van der Waals surface area contributed by atoms with Gasteiger partial charge in [0, 0.05) is 10.6 Å². The molecule has 21 heavy (non-hydrogen) atoms. The van der Waals surface area contributed by atoms with Gasteiger partial charge in [0.25, 0.3) is 0 Å². The van der Waals surface area contributed by atoms with Gasteiger partial charge in [-0.3, -0.25) is 0 Å². The number of benzene rings is 2. The van der Waals surface area contributed by atoms with Crippen LogP contribution in [0.3, 0.4) is 0 Å². The van der Waals surface area contributed by atoms with Crippen LogP contribution >= 0.6 is 11.6 Å². The molecule has 2 aromatic carbocycles. The van der Waals surface area contributed by atoms with Gasteiger partial charge in [0.2, 0.25) is 0 Å². The standard InChI is InChI=1S/C15H10ClF3NO/c16-14-3-1-2-12(8-14)9-20-21-10-11-4-6-13(7-5-11)15(17,18)19/h1-8H,10H2. The summed E-state index contributed by atoms with van der Waals surface area (Å²) in [4.78, 5) is 4.98. The molecule has 0 heterocycles. The Labute approximate surface area is 124 Å². The lowest BCUT2D eigenvalue weighted by molar-refractivity contribution is -0.137. The van der Waals surface area contributed by atoms with E-state index < -0.39 is 11.7 Å². The number of hydrogen-bond acceptors (Lipinski definition) is 2. The molecule has 6 heteroatoms. The van der Waals surface area contributed by atoms with Gasteiger partial charge in [-0.1, -0.05) is 41.0 Å². The van der Waals surface area contributed by atoms with Crippen molar-refractivity contribution in [2.24, 2.45) is 5.16 Å². The third-order valence-corrected chi connectivity index (χ3v) is 2.81. The predicted molar refractivity (Wildman–Crippen MR) is 74.2 cm³/mol. The van der Waals surface area contributed by atoms with Crippen LogP contribution in [0.1, 0.15) is 16.7 Å². The summed E-state index contributed by atoms with van der Waals surface area (Å²) in [6, 6.07) is 11.6. The number of nitrogens with zero attached hydrogens (tertiary/aromatic N) is 1. The molecule has 0 unspecified atom stereocenters. The average molecular weight is 313 g/mol. The van der Waals surface area contributed by atoms with Gasteiger partial charge in [-0.2, -0.15) is 13.2 Å². The fourth-order valence-corrected chi connectivity index (χ4v) is 1.73. The minimum atomic E-state index is -4.34. The largest absolute Gasteiger partial charge is 0.416 e. The summed E-state index contributed by atoms with van der Waals surface area (Å²) < 4.78 is 37.1. The zero-order valence-electron chi connectivity index (χ0n) is 10.7.